The number of carboxylic acids is 1. The molecule has 4 aliphatic rings. The van der Waals surface area contributed by atoms with Gasteiger partial charge in [0.2, 0.25) is 23.8 Å². The van der Waals surface area contributed by atoms with Crippen LogP contribution in [0.5, 0.6) is 11.5 Å². The molecule has 4 heterocycles. The molecule has 22 heteroatoms. The molecular weight excluding hydrogens is 1040 g/mol. The quantitative estimate of drug-likeness (QED) is 0.0548. The molecule has 0 aliphatic heterocycles. The van der Waals surface area contributed by atoms with Gasteiger partial charge in [0, 0.05) is 47.5 Å². The molecule has 0 radical (unpaired) electrons. The SMILES string of the molecule is CC(CCOC=O)CC(=O)O.CC1Cc2nc(N)[nH]c(=O)c2C1.CC1Cc2nc(N)nc(Cl)c2C1.COc1ccc(C(C)c2nc(N)nc3c2CC(C)C3)cc1.COc1ccc(N(C)c2nc(N)nc3c2CC(C)C3)cc1.[Cl-]. The molecule has 6 aromatic rings. The molecule has 2 aromatic carbocycles. The van der Waals surface area contributed by atoms with Crippen LogP contribution in [0.3, 0.4) is 0 Å². The summed E-state index contributed by atoms with van der Waals surface area (Å²) in [4.78, 5) is 65.6. The third kappa shape index (κ3) is 16.6. The number of nitrogens with one attached hydrogen (secondary N) is 1. The number of fused-ring (bicyclic) bond motifs is 4. The molecule has 78 heavy (non-hydrogen) atoms. The number of carbonyl (C=O) groups is 2. The molecular formula is C56H74Cl2N13O7-. The van der Waals surface area contributed by atoms with Crippen molar-refractivity contribution in [2.45, 2.75) is 112 Å². The molecule has 4 aromatic heterocycles. The van der Waals surface area contributed by atoms with E-state index in [1.165, 1.54) is 16.7 Å². The number of benzene rings is 2. The summed E-state index contributed by atoms with van der Waals surface area (Å²) in [6.07, 6.45) is 8.43. The summed E-state index contributed by atoms with van der Waals surface area (Å²) in [6.45, 7) is 13.4. The van der Waals surface area contributed by atoms with Gasteiger partial charge in [-0.1, -0.05) is 65.3 Å². The molecule has 10 N–H and O–H groups in total. The molecule has 0 saturated carbocycles. The van der Waals surface area contributed by atoms with E-state index in [1.54, 1.807) is 14.2 Å². The summed E-state index contributed by atoms with van der Waals surface area (Å²) in [6, 6.07) is 16.1. The van der Waals surface area contributed by atoms with Crippen LogP contribution in [-0.2, 0) is 65.7 Å². The van der Waals surface area contributed by atoms with Gasteiger partial charge in [-0.2, -0.15) is 4.98 Å². The lowest BCUT2D eigenvalue weighted by molar-refractivity contribution is -0.138. The van der Waals surface area contributed by atoms with Crippen molar-refractivity contribution < 1.29 is 41.3 Å². The van der Waals surface area contributed by atoms with E-state index in [-0.39, 0.29) is 48.1 Å². The van der Waals surface area contributed by atoms with Crippen LogP contribution in [0.25, 0.3) is 0 Å². The molecule has 0 fully saturated rings. The standard InChI is InChI=1S/C17H21N3O.C16H20N4O.C8H10ClN3.C8H11N3O.C7H12O4.ClH/c1-10-8-14-15(9-10)19-17(18)20-16(14)11(2)12-4-6-13(21-3)7-5-12;1-10-8-13-14(9-10)18-16(17)19-15(13)20(2)11-4-6-12(21-3)7-5-11;1-4-2-5-6(3-4)11-8(10)12-7(5)9;1-4-2-5-6(3-4)10-8(9)11-7(5)12;1-6(4-7(9)10)2-3-11-5-8;/h4-7,10-11H,8-9H2,1-3H3,(H2,18,19,20);4-7,10H,8-9H2,1-3H3,(H2,17,18,19);4H,2-3H2,1H3,(H2,10,11,12);4H,2-3H2,1H3,(H3,9,10,11,12);5-6H,2-4H2,1H3,(H,9,10);1H/p-1. The van der Waals surface area contributed by atoms with Crippen LogP contribution < -0.4 is 55.3 Å². The maximum Gasteiger partial charge on any atom is 0.303 e. The Bertz CT molecular complexity index is 2920. The van der Waals surface area contributed by atoms with E-state index in [2.05, 4.69) is 96.3 Å². The lowest BCUT2D eigenvalue weighted by atomic mass is 9.93. The number of aromatic nitrogens is 8. The van der Waals surface area contributed by atoms with Crippen molar-refractivity contribution in [3.63, 3.8) is 0 Å². The summed E-state index contributed by atoms with van der Waals surface area (Å²) < 4.78 is 14.8. The molecule has 6 atom stereocenters. The van der Waals surface area contributed by atoms with Crippen molar-refractivity contribution in [2.75, 3.05) is 55.7 Å². The van der Waals surface area contributed by atoms with E-state index >= 15 is 0 Å². The monoisotopic (exact) mass is 1110 g/mol. The molecule has 420 valence electrons. The van der Waals surface area contributed by atoms with Crippen molar-refractivity contribution in [3.05, 3.63) is 120 Å². The molecule has 4 aliphatic carbocycles. The highest BCUT2D eigenvalue weighted by atomic mass is 35.5. The summed E-state index contributed by atoms with van der Waals surface area (Å²) in [5, 5.41) is 8.86. The van der Waals surface area contributed by atoms with E-state index in [4.69, 9.17) is 49.1 Å². The van der Waals surface area contributed by atoms with Gasteiger partial charge in [0.1, 0.15) is 22.5 Å². The van der Waals surface area contributed by atoms with Crippen molar-refractivity contribution in [1.82, 2.24) is 39.9 Å². The van der Waals surface area contributed by atoms with Crippen LogP contribution in [-0.4, -0.2) is 85.3 Å². The number of nitrogen functional groups attached to an aromatic ring is 4. The Morgan fingerprint density at radius 2 is 1.15 bits per heavy atom. The zero-order valence-corrected chi connectivity index (χ0v) is 47.5. The molecule has 6 unspecified atom stereocenters. The van der Waals surface area contributed by atoms with Gasteiger partial charge < -0.3 is 59.6 Å². The Labute approximate surface area is 467 Å². The normalized spacial score (nSPS) is 17.6. The average Bonchev–Trinajstić information content (AvgIpc) is 4.17. The first-order valence-corrected chi connectivity index (χ1v) is 26.3. The van der Waals surface area contributed by atoms with E-state index < -0.39 is 5.97 Å². The summed E-state index contributed by atoms with van der Waals surface area (Å²) in [7, 11) is 5.35. The minimum atomic E-state index is -0.816. The van der Waals surface area contributed by atoms with Gasteiger partial charge in [-0.15, -0.1) is 0 Å². The molecule has 0 amide bonds. The lowest BCUT2D eigenvalue weighted by Crippen LogP contribution is -3.00. The van der Waals surface area contributed by atoms with Gasteiger partial charge in [-0.3, -0.25) is 19.4 Å². The van der Waals surface area contributed by atoms with Crippen LogP contribution in [0.4, 0.5) is 35.3 Å². The number of anilines is 6. The third-order valence-corrected chi connectivity index (χ3v) is 14.2. The Hall–Kier alpha value is -7.32. The zero-order valence-electron chi connectivity index (χ0n) is 46.0. The number of aliphatic carboxylic acids is 1. The predicted molar refractivity (Wildman–Crippen MR) is 300 cm³/mol. The molecule has 0 bridgehead atoms. The first kappa shape index (κ1) is 61.5. The Morgan fingerprint density at radius 1 is 0.692 bits per heavy atom. The second-order valence-corrected chi connectivity index (χ2v) is 21.0. The number of carbonyl (C=O) groups excluding carboxylic acids is 1. The smallest absolute Gasteiger partial charge is 0.303 e. The minimum absolute atomic E-state index is 0. The van der Waals surface area contributed by atoms with E-state index in [9.17, 15) is 14.4 Å². The number of hydrogen-bond acceptors (Lipinski definition) is 18. The Morgan fingerprint density at radius 3 is 1.69 bits per heavy atom. The maximum atomic E-state index is 11.3. The zero-order chi connectivity index (χ0) is 56.1. The number of rotatable bonds is 12. The minimum Gasteiger partial charge on any atom is -1.00 e. The topological polar surface area (TPSA) is 312 Å². The summed E-state index contributed by atoms with van der Waals surface area (Å²) >= 11 is 5.91. The van der Waals surface area contributed by atoms with Gasteiger partial charge in [0.15, 0.2) is 0 Å². The van der Waals surface area contributed by atoms with E-state index in [1.807, 2.05) is 50.4 Å². The third-order valence-electron chi connectivity index (χ3n) is 13.9. The number of hydrogen-bond donors (Lipinski definition) is 6. The van der Waals surface area contributed by atoms with Crippen LogP contribution in [0.1, 0.15) is 117 Å². The van der Waals surface area contributed by atoms with Gasteiger partial charge in [0.05, 0.1) is 43.6 Å². The van der Waals surface area contributed by atoms with Gasteiger partial charge in [-0.05, 0) is 135 Å². The van der Waals surface area contributed by atoms with Gasteiger partial charge >= 0.3 is 5.97 Å². The first-order valence-electron chi connectivity index (χ1n) is 25.9. The molecule has 0 spiro atoms. The summed E-state index contributed by atoms with van der Waals surface area (Å²) in [5.74, 6) is 5.68. The Kier molecular flexibility index (Phi) is 22.4. The lowest BCUT2D eigenvalue weighted by Gasteiger charge is -2.21. The highest BCUT2D eigenvalue weighted by Crippen LogP contribution is 2.37. The second-order valence-electron chi connectivity index (χ2n) is 20.7. The maximum absolute atomic E-state index is 11.3. The summed E-state index contributed by atoms with van der Waals surface area (Å²) in [5.41, 5.74) is 34.5. The fraction of sp³-hybridized carbons (Fsp3) is 0.464. The van der Waals surface area contributed by atoms with E-state index in [0.29, 0.717) is 60.2 Å². The average molecular weight is 1110 g/mol. The van der Waals surface area contributed by atoms with Crippen molar-refractivity contribution in [3.8, 4) is 11.5 Å². The second kappa shape index (κ2) is 28.3. The van der Waals surface area contributed by atoms with Gasteiger partial charge in [-0.25, -0.2) is 29.9 Å². The van der Waals surface area contributed by atoms with Crippen LogP contribution in [0, 0.1) is 29.6 Å². The van der Waals surface area contributed by atoms with Crippen LogP contribution >= 0.6 is 11.6 Å². The first-order chi connectivity index (χ1) is 36.7. The van der Waals surface area contributed by atoms with Crippen LogP contribution in [0.15, 0.2) is 53.3 Å². The largest absolute Gasteiger partial charge is 1.00 e. The number of aromatic amines is 1. The highest BCUT2D eigenvalue weighted by molar-refractivity contribution is 6.30. The number of methoxy groups -OCH3 is 2. The molecule has 0 saturated heterocycles. The van der Waals surface area contributed by atoms with Crippen molar-refractivity contribution in [1.29, 1.82) is 0 Å². The fourth-order valence-electron chi connectivity index (χ4n) is 10.0. The van der Waals surface area contributed by atoms with E-state index in [0.717, 1.165) is 114 Å². The number of ether oxygens (including phenoxy) is 3. The van der Waals surface area contributed by atoms with Gasteiger partial charge in [0.25, 0.3) is 12.0 Å². The number of nitrogens with zero attached hydrogens (tertiary/aromatic N) is 8. The fourth-order valence-corrected chi connectivity index (χ4v) is 10.3. The highest BCUT2D eigenvalue weighted by Gasteiger charge is 2.29. The predicted octanol–water partition coefficient (Wildman–Crippen LogP) is 4.72. The van der Waals surface area contributed by atoms with Crippen LogP contribution in [0.2, 0.25) is 5.15 Å². The number of carboxylic acid groups (broad SMARTS) is 1. The molecule has 20 nitrogen and oxygen atoms in total. The Balaban J connectivity index is 0.000000185. The van der Waals surface area contributed by atoms with Crippen molar-refractivity contribution in [2.24, 2.45) is 29.6 Å². The number of nitrogens with two attached hydrogens (primary N) is 4. The number of H-pyrrole nitrogens is 1. The van der Waals surface area contributed by atoms with Crippen molar-refractivity contribution >= 4 is 59.3 Å². The molecule has 10 rings (SSSR count). The number of halogens is 2.